The summed E-state index contributed by atoms with van der Waals surface area (Å²) in [6.45, 7) is 7.03. The number of aryl methyl sites for hydroxylation is 1. The van der Waals surface area contributed by atoms with Crippen molar-refractivity contribution in [1.29, 1.82) is 0 Å². The Morgan fingerprint density at radius 1 is 1.07 bits per heavy atom. The largest absolute Gasteiger partial charge is 0.486 e. The number of aromatic nitrogens is 1. The first-order chi connectivity index (χ1) is 19.1. The van der Waals surface area contributed by atoms with Gasteiger partial charge in [0.15, 0.2) is 18.4 Å². The normalized spacial score (nSPS) is 12.3. The Morgan fingerprint density at radius 3 is 2.55 bits per heavy atom. The van der Waals surface area contributed by atoms with Crippen molar-refractivity contribution < 1.29 is 37.0 Å². The number of ether oxygens (including phenoxy) is 3. The lowest BCUT2D eigenvalue weighted by molar-refractivity contribution is -0.155. The van der Waals surface area contributed by atoms with Gasteiger partial charge in [-0.15, -0.1) is 6.58 Å². The number of rotatable bonds is 13. The van der Waals surface area contributed by atoms with Gasteiger partial charge < -0.3 is 19.5 Å². The number of methoxy groups -OCH3 is 1. The topological polar surface area (TPSA) is 86.8 Å². The number of nitrogens with zero attached hydrogens (tertiary/aromatic N) is 1. The molecule has 0 aliphatic carbocycles. The Hall–Kier alpha value is -4.18. The van der Waals surface area contributed by atoms with Crippen LogP contribution in [0.2, 0.25) is 0 Å². The predicted octanol–water partition coefficient (Wildman–Crippen LogP) is 6.23. The molecule has 2 aromatic carbocycles. The first-order valence-corrected chi connectivity index (χ1v) is 12.4. The van der Waals surface area contributed by atoms with Gasteiger partial charge in [0.2, 0.25) is 0 Å². The summed E-state index contributed by atoms with van der Waals surface area (Å²) in [5, 5.41) is 2.93. The second kappa shape index (κ2) is 14.3. The number of hydrogen-bond acceptors (Lipinski definition) is 6. The molecule has 1 aromatic heterocycles. The van der Waals surface area contributed by atoms with Crippen molar-refractivity contribution in [3.8, 4) is 5.75 Å². The van der Waals surface area contributed by atoms with Gasteiger partial charge in [-0.05, 0) is 67.3 Å². The van der Waals surface area contributed by atoms with Crippen LogP contribution in [0.3, 0.4) is 0 Å². The molecule has 1 unspecified atom stereocenters. The second-order valence-electron chi connectivity index (χ2n) is 9.30. The molecule has 40 heavy (non-hydrogen) atoms. The van der Waals surface area contributed by atoms with E-state index in [1.54, 1.807) is 12.3 Å². The zero-order valence-electron chi connectivity index (χ0n) is 22.5. The molecule has 0 bridgehead atoms. The summed E-state index contributed by atoms with van der Waals surface area (Å²) in [6.07, 6.45) is -0.481. The fourth-order valence-electron chi connectivity index (χ4n) is 3.97. The number of hydrogen-bond donors (Lipinski definition) is 1. The van der Waals surface area contributed by atoms with Crippen LogP contribution in [0.1, 0.15) is 64.7 Å². The van der Waals surface area contributed by atoms with Crippen LogP contribution in [0.4, 0.5) is 13.2 Å². The molecule has 3 aromatic rings. The van der Waals surface area contributed by atoms with E-state index in [0.29, 0.717) is 12.0 Å². The van der Waals surface area contributed by atoms with Crippen LogP contribution < -0.4 is 10.1 Å². The van der Waals surface area contributed by atoms with Crippen LogP contribution in [0.5, 0.6) is 5.75 Å². The van der Waals surface area contributed by atoms with E-state index >= 15 is 4.39 Å². The van der Waals surface area contributed by atoms with Gasteiger partial charge in [-0.25, -0.2) is 13.2 Å². The molecule has 0 saturated heterocycles. The van der Waals surface area contributed by atoms with Crippen LogP contribution in [0.25, 0.3) is 0 Å². The quantitative estimate of drug-likeness (QED) is 0.153. The Labute approximate surface area is 231 Å². The number of nitrogens with one attached hydrogen (secondary N) is 1. The number of amides is 1. The summed E-state index contributed by atoms with van der Waals surface area (Å²) in [4.78, 5) is 29.8. The monoisotopic (exact) mass is 556 g/mol. The molecule has 0 radical (unpaired) electrons. The lowest BCUT2D eigenvalue weighted by atomic mass is 9.96. The summed E-state index contributed by atoms with van der Waals surface area (Å²) < 4.78 is 57.8. The van der Waals surface area contributed by atoms with Crippen molar-refractivity contribution in [3.63, 3.8) is 0 Å². The standard InChI is InChI=1S/C30H31F3N2O5/c1-18(2)11-27(21-9-10-34-19(3)12-21)35-30(37)24-13-20(16-39-28-14-22(31)6-8-25(28)32)5-7-23(24)26(33)15-29(36)40-17-38-4/h5-10,12-14,26-27H,1,11,15-17H2,2-4H3,(H,35,37)/t26?,27-/m1/s1. The van der Waals surface area contributed by atoms with Crippen LogP contribution in [-0.4, -0.2) is 30.8 Å². The van der Waals surface area contributed by atoms with Crippen molar-refractivity contribution in [1.82, 2.24) is 10.3 Å². The molecular formula is C30H31F3N2O5. The summed E-state index contributed by atoms with van der Waals surface area (Å²) in [7, 11) is 1.32. The highest BCUT2D eigenvalue weighted by Gasteiger charge is 2.25. The molecule has 1 N–H and O–H groups in total. The maximum absolute atomic E-state index is 15.4. The van der Waals surface area contributed by atoms with Crippen LogP contribution in [0, 0.1) is 18.6 Å². The molecule has 10 heteroatoms. The van der Waals surface area contributed by atoms with Gasteiger partial charge in [0, 0.05) is 30.6 Å². The molecule has 1 amide bonds. The average molecular weight is 557 g/mol. The highest BCUT2D eigenvalue weighted by Crippen LogP contribution is 2.29. The fourth-order valence-corrected chi connectivity index (χ4v) is 3.97. The van der Waals surface area contributed by atoms with E-state index in [1.807, 2.05) is 19.9 Å². The third-order valence-electron chi connectivity index (χ3n) is 5.85. The molecule has 2 atom stereocenters. The average Bonchev–Trinajstić information content (AvgIpc) is 2.91. The van der Waals surface area contributed by atoms with E-state index in [4.69, 9.17) is 9.47 Å². The molecule has 0 aliphatic heterocycles. The van der Waals surface area contributed by atoms with Gasteiger partial charge in [0.25, 0.3) is 5.91 Å². The zero-order valence-corrected chi connectivity index (χ0v) is 22.5. The minimum Gasteiger partial charge on any atom is -0.486 e. The van der Waals surface area contributed by atoms with Gasteiger partial charge in [-0.2, -0.15) is 0 Å². The number of benzene rings is 2. The van der Waals surface area contributed by atoms with E-state index in [9.17, 15) is 18.4 Å². The Balaban J connectivity index is 1.93. The minimum absolute atomic E-state index is 0.0486. The second-order valence-corrected chi connectivity index (χ2v) is 9.30. The molecule has 212 valence electrons. The van der Waals surface area contributed by atoms with Gasteiger partial charge in [-0.3, -0.25) is 14.6 Å². The molecule has 7 nitrogen and oxygen atoms in total. The number of esters is 1. The van der Waals surface area contributed by atoms with Crippen LogP contribution in [-0.2, 0) is 20.9 Å². The molecule has 3 rings (SSSR count). The highest BCUT2D eigenvalue weighted by molar-refractivity contribution is 5.96. The predicted molar refractivity (Wildman–Crippen MR) is 142 cm³/mol. The maximum atomic E-state index is 15.4. The van der Waals surface area contributed by atoms with E-state index in [2.05, 4.69) is 21.6 Å². The van der Waals surface area contributed by atoms with E-state index in [1.165, 1.54) is 25.3 Å². The number of carbonyl (C=O) groups excluding carboxylic acids is 2. The van der Waals surface area contributed by atoms with Crippen LogP contribution in [0.15, 0.2) is 66.9 Å². The first kappa shape index (κ1) is 30.4. The maximum Gasteiger partial charge on any atom is 0.311 e. The molecule has 0 aliphatic rings. The third kappa shape index (κ3) is 8.67. The Morgan fingerprint density at radius 2 is 1.85 bits per heavy atom. The Kier molecular flexibility index (Phi) is 10.8. The summed E-state index contributed by atoms with van der Waals surface area (Å²) in [5.41, 5.74) is 2.64. The molecule has 0 saturated carbocycles. The first-order valence-electron chi connectivity index (χ1n) is 12.4. The molecule has 1 heterocycles. The molecule has 0 spiro atoms. The molecule has 0 fully saturated rings. The van der Waals surface area contributed by atoms with Gasteiger partial charge in [-0.1, -0.05) is 17.7 Å². The SMILES string of the molecule is C=C(C)C[C@@H](NC(=O)c1cc(COc2cc(F)ccc2F)ccc1C(F)CC(=O)OCOC)c1ccnc(C)c1. The fraction of sp³-hybridized carbons (Fsp3) is 0.300. The molecular weight excluding hydrogens is 525 g/mol. The highest BCUT2D eigenvalue weighted by atomic mass is 19.1. The van der Waals surface area contributed by atoms with Crippen molar-refractivity contribution in [2.24, 2.45) is 0 Å². The Bertz CT molecular complexity index is 1360. The van der Waals surface area contributed by atoms with Gasteiger partial charge >= 0.3 is 5.97 Å². The number of carbonyl (C=O) groups is 2. The van der Waals surface area contributed by atoms with Crippen molar-refractivity contribution >= 4 is 11.9 Å². The summed E-state index contributed by atoms with van der Waals surface area (Å²) >= 11 is 0. The zero-order chi connectivity index (χ0) is 29.2. The minimum atomic E-state index is -1.87. The lowest BCUT2D eigenvalue weighted by Gasteiger charge is -2.22. The summed E-state index contributed by atoms with van der Waals surface area (Å²) in [5.74, 6) is -3.20. The van der Waals surface area contributed by atoms with Crippen molar-refractivity contribution in [2.75, 3.05) is 13.9 Å². The number of alkyl halides is 1. The third-order valence-corrected chi connectivity index (χ3v) is 5.85. The van der Waals surface area contributed by atoms with Gasteiger partial charge in [0.05, 0.1) is 12.5 Å². The van der Waals surface area contributed by atoms with E-state index < -0.39 is 42.1 Å². The van der Waals surface area contributed by atoms with Crippen LogP contribution >= 0.6 is 0 Å². The summed E-state index contributed by atoms with van der Waals surface area (Å²) in [6, 6.07) is 10.1. The van der Waals surface area contributed by atoms with E-state index in [-0.39, 0.29) is 30.3 Å². The number of halogens is 3. The van der Waals surface area contributed by atoms with Crippen molar-refractivity contribution in [3.05, 3.63) is 106 Å². The smallest absolute Gasteiger partial charge is 0.311 e. The van der Waals surface area contributed by atoms with Crippen molar-refractivity contribution in [2.45, 2.75) is 45.5 Å². The van der Waals surface area contributed by atoms with E-state index in [0.717, 1.165) is 35.0 Å². The number of pyridine rings is 1. The lowest BCUT2D eigenvalue weighted by Crippen LogP contribution is -2.30. The van der Waals surface area contributed by atoms with Gasteiger partial charge in [0.1, 0.15) is 18.6 Å².